The topological polar surface area (TPSA) is 61.3 Å². The molecule has 1 aliphatic carbocycles. The van der Waals surface area contributed by atoms with Gasteiger partial charge in [0.2, 0.25) is 5.88 Å². The molecule has 2 N–H and O–H groups in total. The zero-order valence-electron chi connectivity index (χ0n) is 10.3. The highest BCUT2D eigenvalue weighted by atomic mass is 16.5. The van der Waals surface area contributed by atoms with Crippen molar-refractivity contribution in [3.05, 3.63) is 30.0 Å². The number of nitrogen functional groups attached to an aromatic ring is 1. The molecular weight excluding hydrogens is 228 g/mol. The van der Waals surface area contributed by atoms with Crippen LogP contribution in [0.5, 0.6) is 5.75 Å². The van der Waals surface area contributed by atoms with E-state index in [2.05, 4.69) is 5.16 Å². The zero-order chi connectivity index (χ0) is 12.5. The lowest BCUT2D eigenvalue weighted by Crippen LogP contribution is -1.95. The van der Waals surface area contributed by atoms with Crippen LogP contribution in [0.25, 0.3) is 11.1 Å². The Morgan fingerprint density at radius 1 is 1.39 bits per heavy atom. The van der Waals surface area contributed by atoms with E-state index in [4.69, 9.17) is 15.0 Å². The molecule has 1 aliphatic rings. The highest BCUT2D eigenvalue weighted by Crippen LogP contribution is 2.40. The van der Waals surface area contributed by atoms with Crippen LogP contribution in [0.4, 0.5) is 5.88 Å². The fraction of sp³-hybridized carbons (Fsp3) is 0.357. The minimum atomic E-state index is 0.371. The predicted molar refractivity (Wildman–Crippen MR) is 69.3 cm³/mol. The molecule has 4 heteroatoms. The number of nitrogens with zero attached hydrogens (tertiary/aromatic N) is 1. The van der Waals surface area contributed by atoms with Crippen molar-refractivity contribution >= 4 is 5.88 Å². The minimum Gasteiger partial charge on any atom is -0.496 e. The van der Waals surface area contributed by atoms with Crippen LogP contribution in [-0.4, -0.2) is 12.3 Å². The summed E-state index contributed by atoms with van der Waals surface area (Å²) < 4.78 is 10.5. The average molecular weight is 244 g/mol. The fourth-order valence-electron chi connectivity index (χ4n) is 2.21. The van der Waals surface area contributed by atoms with Gasteiger partial charge in [-0.05, 0) is 31.2 Å². The Labute approximate surface area is 106 Å². The molecule has 0 radical (unpaired) electrons. The van der Waals surface area contributed by atoms with Gasteiger partial charge in [0.05, 0.1) is 18.4 Å². The van der Waals surface area contributed by atoms with Gasteiger partial charge in [0, 0.05) is 5.56 Å². The van der Waals surface area contributed by atoms with Crippen LogP contribution in [0, 0.1) is 5.92 Å². The largest absolute Gasteiger partial charge is 0.496 e. The van der Waals surface area contributed by atoms with Crippen LogP contribution in [0.2, 0.25) is 0 Å². The predicted octanol–water partition coefficient (Wildman–Crippen LogP) is 2.88. The number of nitrogens with two attached hydrogens (primary N) is 1. The van der Waals surface area contributed by atoms with E-state index in [1.807, 2.05) is 24.3 Å². The third-order valence-electron chi connectivity index (χ3n) is 3.34. The molecule has 0 amide bonds. The zero-order valence-corrected chi connectivity index (χ0v) is 10.3. The summed E-state index contributed by atoms with van der Waals surface area (Å²) in [5.74, 6) is 1.91. The highest BCUT2D eigenvalue weighted by Gasteiger charge is 2.27. The second-order valence-electron chi connectivity index (χ2n) is 4.72. The van der Waals surface area contributed by atoms with Crippen molar-refractivity contribution in [1.82, 2.24) is 5.16 Å². The van der Waals surface area contributed by atoms with Gasteiger partial charge in [-0.15, -0.1) is 0 Å². The first-order valence-corrected chi connectivity index (χ1v) is 6.17. The molecule has 2 aromatic rings. The third kappa shape index (κ3) is 1.94. The second-order valence-corrected chi connectivity index (χ2v) is 4.72. The Morgan fingerprint density at radius 2 is 2.17 bits per heavy atom. The summed E-state index contributed by atoms with van der Waals surface area (Å²) in [5.41, 5.74) is 8.69. The number of para-hydroxylation sites is 1. The van der Waals surface area contributed by atoms with Crippen molar-refractivity contribution in [2.24, 2.45) is 5.92 Å². The molecule has 0 aliphatic heterocycles. The lowest BCUT2D eigenvalue weighted by atomic mass is 10.0. The molecule has 0 bridgehead atoms. The van der Waals surface area contributed by atoms with Gasteiger partial charge in [0.15, 0.2) is 0 Å². The van der Waals surface area contributed by atoms with Crippen molar-refractivity contribution in [3.8, 4) is 16.9 Å². The maximum absolute atomic E-state index is 5.91. The standard InChI is InChI=1S/C14H16N2O2/c1-17-12-5-3-2-4-10(12)13-11(8-9-6-7-9)16-18-14(13)15/h2-5,9H,6-8,15H2,1H3. The van der Waals surface area contributed by atoms with Crippen LogP contribution < -0.4 is 10.5 Å². The number of aromatic nitrogens is 1. The average Bonchev–Trinajstić information content (AvgIpc) is 3.13. The van der Waals surface area contributed by atoms with Crippen molar-refractivity contribution in [2.75, 3.05) is 12.8 Å². The summed E-state index contributed by atoms with van der Waals surface area (Å²) in [6, 6.07) is 7.80. The van der Waals surface area contributed by atoms with Crippen LogP contribution in [0.1, 0.15) is 18.5 Å². The minimum absolute atomic E-state index is 0.371. The summed E-state index contributed by atoms with van der Waals surface area (Å²) >= 11 is 0. The Morgan fingerprint density at radius 3 is 2.89 bits per heavy atom. The van der Waals surface area contributed by atoms with Crippen molar-refractivity contribution < 1.29 is 9.26 Å². The molecule has 1 aromatic heterocycles. The molecule has 0 atom stereocenters. The second kappa shape index (κ2) is 4.37. The van der Waals surface area contributed by atoms with Crippen LogP contribution in [0.15, 0.2) is 28.8 Å². The van der Waals surface area contributed by atoms with Crippen molar-refractivity contribution in [1.29, 1.82) is 0 Å². The van der Waals surface area contributed by atoms with Gasteiger partial charge in [0.25, 0.3) is 0 Å². The summed E-state index contributed by atoms with van der Waals surface area (Å²) in [4.78, 5) is 0. The van der Waals surface area contributed by atoms with E-state index < -0.39 is 0 Å². The molecule has 1 saturated carbocycles. The lowest BCUT2D eigenvalue weighted by molar-refractivity contribution is 0.416. The summed E-state index contributed by atoms with van der Waals surface area (Å²) in [5, 5.41) is 4.09. The Kier molecular flexibility index (Phi) is 2.70. The van der Waals surface area contributed by atoms with Crippen LogP contribution >= 0.6 is 0 Å². The number of rotatable bonds is 4. The summed E-state index contributed by atoms with van der Waals surface area (Å²) in [6.45, 7) is 0. The molecule has 1 heterocycles. The number of anilines is 1. The van der Waals surface area contributed by atoms with E-state index in [1.54, 1.807) is 7.11 Å². The van der Waals surface area contributed by atoms with E-state index in [0.29, 0.717) is 5.88 Å². The quantitative estimate of drug-likeness (QED) is 0.898. The first kappa shape index (κ1) is 11.1. The lowest BCUT2D eigenvalue weighted by Gasteiger charge is -2.08. The van der Waals surface area contributed by atoms with Gasteiger partial charge in [-0.25, -0.2) is 0 Å². The van der Waals surface area contributed by atoms with E-state index in [9.17, 15) is 0 Å². The van der Waals surface area contributed by atoms with E-state index in [-0.39, 0.29) is 0 Å². The van der Waals surface area contributed by atoms with Crippen molar-refractivity contribution in [3.63, 3.8) is 0 Å². The van der Waals surface area contributed by atoms with E-state index in [0.717, 1.165) is 34.9 Å². The summed E-state index contributed by atoms with van der Waals surface area (Å²) in [6.07, 6.45) is 3.49. The molecule has 0 unspecified atom stereocenters. The Bertz CT molecular complexity index is 559. The van der Waals surface area contributed by atoms with Gasteiger partial charge in [-0.3, -0.25) is 0 Å². The number of ether oxygens (including phenoxy) is 1. The van der Waals surface area contributed by atoms with Crippen molar-refractivity contribution in [2.45, 2.75) is 19.3 Å². The molecule has 94 valence electrons. The monoisotopic (exact) mass is 244 g/mol. The van der Waals surface area contributed by atoms with E-state index >= 15 is 0 Å². The molecule has 0 saturated heterocycles. The highest BCUT2D eigenvalue weighted by molar-refractivity contribution is 5.79. The maximum atomic E-state index is 5.91. The van der Waals surface area contributed by atoms with Gasteiger partial charge in [-0.2, -0.15) is 0 Å². The number of methoxy groups -OCH3 is 1. The van der Waals surface area contributed by atoms with Gasteiger partial charge >= 0.3 is 0 Å². The first-order chi connectivity index (χ1) is 8.79. The maximum Gasteiger partial charge on any atom is 0.230 e. The first-order valence-electron chi connectivity index (χ1n) is 6.17. The number of hydrogen-bond donors (Lipinski definition) is 1. The molecule has 3 rings (SSSR count). The molecule has 4 nitrogen and oxygen atoms in total. The van der Waals surface area contributed by atoms with Crippen LogP contribution in [0.3, 0.4) is 0 Å². The third-order valence-corrected chi connectivity index (χ3v) is 3.34. The SMILES string of the molecule is COc1ccccc1-c1c(CC2CC2)noc1N. The molecule has 1 aromatic carbocycles. The molecule has 0 spiro atoms. The smallest absolute Gasteiger partial charge is 0.230 e. The van der Waals surface area contributed by atoms with E-state index in [1.165, 1.54) is 12.8 Å². The fourth-order valence-corrected chi connectivity index (χ4v) is 2.21. The molecular formula is C14H16N2O2. The molecule has 1 fully saturated rings. The van der Waals surface area contributed by atoms with Gasteiger partial charge in [0.1, 0.15) is 5.75 Å². The van der Waals surface area contributed by atoms with Gasteiger partial charge < -0.3 is 15.0 Å². The van der Waals surface area contributed by atoms with Gasteiger partial charge in [-0.1, -0.05) is 23.4 Å². The number of hydrogen-bond acceptors (Lipinski definition) is 4. The Balaban J connectivity index is 2.06. The number of benzene rings is 1. The summed E-state index contributed by atoms with van der Waals surface area (Å²) in [7, 11) is 1.66. The van der Waals surface area contributed by atoms with Crippen LogP contribution in [-0.2, 0) is 6.42 Å². The molecule has 18 heavy (non-hydrogen) atoms. The Hall–Kier alpha value is -1.97. The normalized spacial score (nSPS) is 14.7.